The summed E-state index contributed by atoms with van der Waals surface area (Å²) in [5, 5.41) is 3.22. The van der Waals surface area contributed by atoms with Gasteiger partial charge in [0.2, 0.25) is 5.91 Å². The van der Waals surface area contributed by atoms with Crippen LogP contribution in [0.25, 0.3) is 0 Å². The summed E-state index contributed by atoms with van der Waals surface area (Å²) >= 11 is 0. The zero-order valence-electron chi connectivity index (χ0n) is 7.79. The van der Waals surface area contributed by atoms with Crippen LogP contribution in [0.2, 0.25) is 0 Å². The zero-order chi connectivity index (χ0) is 9.10. The Kier molecular flexibility index (Phi) is 2.80. The number of nitrogens with one attached hydrogen (secondary N) is 1. The van der Waals surface area contributed by atoms with Crippen LogP contribution in [0.15, 0.2) is 0 Å². The molecule has 4 heteroatoms. The highest BCUT2D eigenvalue weighted by molar-refractivity contribution is 5.82. The molecule has 0 unspecified atom stereocenters. The maximum Gasteiger partial charge on any atom is 0.239 e. The van der Waals surface area contributed by atoms with Crippen molar-refractivity contribution in [2.24, 2.45) is 0 Å². The molecule has 0 aromatic heterocycles. The van der Waals surface area contributed by atoms with Crippen molar-refractivity contribution in [3.63, 3.8) is 0 Å². The first kappa shape index (κ1) is 8.97. The molecule has 0 saturated carbocycles. The fourth-order valence-corrected chi connectivity index (χ4v) is 1.90. The number of rotatable bonds is 1. The number of ether oxygens (including phenoxy) is 1. The molecule has 74 valence electrons. The second kappa shape index (κ2) is 4.07. The van der Waals surface area contributed by atoms with Crippen LogP contribution in [0.4, 0.5) is 0 Å². The number of hydrogen-bond acceptors (Lipinski definition) is 3. The summed E-state index contributed by atoms with van der Waals surface area (Å²) in [6.07, 6.45) is 2.12. The van der Waals surface area contributed by atoms with Gasteiger partial charge >= 0.3 is 0 Å². The van der Waals surface area contributed by atoms with Crippen LogP contribution < -0.4 is 5.32 Å². The fraction of sp³-hybridized carbons (Fsp3) is 0.889. The molecule has 1 amide bonds. The van der Waals surface area contributed by atoms with E-state index in [0.717, 1.165) is 32.5 Å². The van der Waals surface area contributed by atoms with E-state index in [0.29, 0.717) is 13.2 Å². The maximum absolute atomic E-state index is 11.8. The second-order valence-corrected chi connectivity index (χ2v) is 3.59. The first-order chi connectivity index (χ1) is 6.38. The molecule has 4 nitrogen and oxygen atoms in total. The Morgan fingerprint density at radius 2 is 2.15 bits per heavy atom. The normalized spacial score (nSPS) is 29.2. The van der Waals surface area contributed by atoms with Gasteiger partial charge in [0.15, 0.2) is 0 Å². The molecule has 2 saturated heterocycles. The molecule has 0 radical (unpaired) electrons. The van der Waals surface area contributed by atoms with Crippen LogP contribution in [-0.2, 0) is 9.53 Å². The van der Waals surface area contributed by atoms with Crippen molar-refractivity contribution in [3.05, 3.63) is 0 Å². The number of nitrogens with zero attached hydrogens (tertiary/aromatic N) is 1. The van der Waals surface area contributed by atoms with Gasteiger partial charge in [-0.2, -0.15) is 0 Å². The van der Waals surface area contributed by atoms with E-state index in [1.807, 2.05) is 4.90 Å². The Hall–Kier alpha value is -0.610. The lowest BCUT2D eigenvalue weighted by Gasteiger charge is -2.29. The highest BCUT2D eigenvalue weighted by atomic mass is 16.5. The summed E-state index contributed by atoms with van der Waals surface area (Å²) in [7, 11) is 0. The molecule has 2 rings (SSSR count). The van der Waals surface area contributed by atoms with Gasteiger partial charge in [-0.3, -0.25) is 4.79 Å². The minimum Gasteiger partial charge on any atom is -0.378 e. The first-order valence-corrected chi connectivity index (χ1v) is 4.98. The Morgan fingerprint density at radius 1 is 1.38 bits per heavy atom. The van der Waals surface area contributed by atoms with Crippen molar-refractivity contribution in [3.8, 4) is 0 Å². The van der Waals surface area contributed by atoms with Crippen molar-refractivity contribution in [2.75, 3.05) is 32.8 Å². The highest BCUT2D eigenvalue weighted by Gasteiger charge is 2.27. The minimum absolute atomic E-state index is 0.0816. The van der Waals surface area contributed by atoms with Gasteiger partial charge in [-0.1, -0.05) is 0 Å². The van der Waals surface area contributed by atoms with Gasteiger partial charge in [-0.25, -0.2) is 0 Å². The molecule has 2 heterocycles. The maximum atomic E-state index is 11.8. The molecule has 1 atom stereocenters. The molecule has 2 aliphatic heterocycles. The highest BCUT2D eigenvalue weighted by Crippen LogP contribution is 2.09. The molecular formula is C9H16N2O2. The largest absolute Gasteiger partial charge is 0.378 e. The van der Waals surface area contributed by atoms with Crippen molar-refractivity contribution in [2.45, 2.75) is 18.9 Å². The third-order valence-corrected chi connectivity index (χ3v) is 2.68. The first-order valence-electron chi connectivity index (χ1n) is 4.98. The lowest BCUT2D eigenvalue weighted by molar-refractivity contribution is -0.137. The van der Waals surface area contributed by atoms with Crippen LogP contribution in [0.1, 0.15) is 12.8 Å². The Bertz CT molecular complexity index is 184. The lowest BCUT2D eigenvalue weighted by Crippen LogP contribution is -2.48. The van der Waals surface area contributed by atoms with Gasteiger partial charge < -0.3 is 15.0 Å². The molecule has 0 aliphatic carbocycles. The van der Waals surface area contributed by atoms with Crippen LogP contribution in [0, 0.1) is 0 Å². The predicted molar refractivity (Wildman–Crippen MR) is 48.4 cm³/mol. The van der Waals surface area contributed by atoms with Crippen molar-refractivity contribution in [1.29, 1.82) is 0 Å². The van der Waals surface area contributed by atoms with Gasteiger partial charge in [0.05, 0.1) is 19.3 Å². The number of hydrogen-bond donors (Lipinski definition) is 1. The number of carbonyl (C=O) groups is 1. The van der Waals surface area contributed by atoms with E-state index < -0.39 is 0 Å². The average molecular weight is 184 g/mol. The Balaban J connectivity index is 1.87. The van der Waals surface area contributed by atoms with E-state index in [-0.39, 0.29) is 11.9 Å². The smallest absolute Gasteiger partial charge is 0.239 e. The van der Waals surface area contributed by atoms with Gasteiger partial charge in [0.25, 0.3) is 0 Å². The third kappa shape index (κ3) is 2.00. The molecular weight excluding hydrogens is 168 g/mol. The second-order valence-electron chi connectivity index (χ2n) is 3.59. The van der Waals surface area contributed by atoms with E-state index >= 15 is 0 Å². The summed E-state index contributed by atoms with van der Waals surface area (Å²) in [6, 6.07) is 0.0816. The molecule has 0 spiro atoms. The lowest BCUT2D eigenvalue weighted by atomic mass is 10.2. The monoisotopic (exact) mass is 184 g/mol. The fourth-order valence-electron chi connectivity index (χ4n) is 1.90. The third-order valence-electron chi connectivity index (χ3n) is 2.68. The molecule has 0 aromatic carbocycles. The van der Waals surface area contributed by atoms with E-state index in [2.05, 4.69) is 5.32 Å². The van der Waals surface area contributed by atoms with E-state index in [1.54, 1.807) is 0 Å². The number of morpholine rings is 1. The Labute approximate surface area is 78.2 Å². The quantitative estimate of drug-likeness (QED) is 0.603. The average Bonchev–Trinajstić information content (AvgIpc) is 2.71. The molecule has 2 fully saturated rings. The summed E-state index contributed by atoms with van der Waals surface area (Å²) in [6.45, 7) is 3.89. The summed E-state index contributed by atoms with van der Waals surface area (Å²) in [4.78, 5) is 13.7. The molecule has 1 N–H and O–H groups in total. The van der Waals surface area contributed by atoms with Gasteiger partial charge in [0.1, 0.15) is 0 Å². The molecule has 0 aromatic rings. The zero-order valence-corrected chi connectivity index (χ0v) is 7.79. The van der Waals surface area contributed by atoms with Crippen LogP contribution in [0.5, 0.6) is 0 Å². The molecule has 13 heavy (non-hydrogen) atoms. The van der Waals surface area contributed by atoms with Crippen LogP contribution in [-0.4, -0.2) is 49.7 Å². The van der Waals surface area contributed by atoms with Crippen molar-refractivity contribution >= 4 is 5.91 Å². The van der Waals surface area contributed by atoms with Crippen LogP contribution in [0.3, 0.4) is 0 Å². The van der Waals surface area contributed by atoms with E-state index in [1.165, 1.54) is 0 Å². The standard InChI is InChI=1S/C9H16N2O2/c12-9(8-2-1-3-10-8)11-4-6-13-7-5-11/h8,10H,1-7H2/t8-/m1/s1. The van der Waals surface area contributed by atoms with Crippen LogP contribution >= 0.6 is 0 Å². The SMILES string of the molecule is O=C([C@H]1CCCN1)N1CCOCC1. The van der Waals surface area contributed by atoms with E-state index in [9.17, 15) is 4.79 Å². The number of carbonyl (C=O) groups excluding carboxylic acids is 1. The van der Waals surface area contributed by atoms with E-state index in [4.69, 9.17) is 4.74 Å². The topological polar surface area (TPSA) is 41.6 Å². The minimum atomic E-state index is 0.0816. The summed E-state index contributed by atoms with van der Waals surface area (Å²) in [5.74, 6) is 0.265. The van der Waals surface area contributed by atoms with Gasteiger partial charge in [0, 0.05) is 13.1 Å². The van der Waals surface area contributed by atoms with Gasteiger partial charge in [-0.05, 0) is 19.4 Å². The van der Waals surface area contributed by atoms with Gasteiger partial charge in [-0.15, -0.1) is 0 Å². The predicted octanol–water partition coefficient (Wildman–Crippen LogP) is -0.403. The summed E-state index contributed by atoms with van der Waals surface area (Å²) in [5.41, 5.74) is 0. The number of amides is 1. The van der Waals surface area contributed by atoms with Crippen molar-refractivity contribution in [1.82, 2.24) is 10.2 Å². The van der Waals surface area contributed by atoms with Crippen molar-refractivity contribution < 1.29 is 9.53 Å². The molecule has 0 bridgehead atoms. The summed E-state index contributed by atoms with van der Waals surface area (Å²) < 4.78 is 5.20. The Morgan fingerprint density at radius 3 is 2.77 bits per heavy atom. The molecule has 2 aliphatic rings.